The zero-order valence-electron chi connectivity index (χ0n) is 9.59. The fourth-order valence-electron chi connectivity index (χ4n) is 1.87. The number of allylic oxidation sites excluding steroid dienone is 2. The van der Waals surface area contributed by atoms with E-state index in [1.807, 2.05) is 0 Å². The Morgan fingerprint density at radius 2 is 2.29 bits per heavy atom. The Labute approximate surface area is 87.7 Å². The smallest absolute Gasteiger partial charge is 0.0231 e. The summed E-state index contributed by atoms with van der Waals surface area (Å²) >= 11 is 0. The van der Waals surface area contributed by atoms with Crippen LogP contribution in [0.5, 0.6) is 0 Å². The van der Waals surface area contributed by atoms with Gasteiger partial charge < -0.3 is 5.32 Å². The van der Waals surface area contributed by atoms with E-state index in [0.29, 0.717) is 6.04 Å². The zero-order valence-corrected chi connectivity index (χ0v) is 9.59. The van der Waals surface area contributed by atoms with Gasteiger partial charge in [-0.15, -0.1) is 0 Å². The van der Waals surface area contributed by atoms with Gasteiger partial charge in [0.25, 0.3) is 0 Å². The number of nitrogens with zero attached hydrogens (tertiary/aromatic N) is 1. The third kappa shape index (κ3) is 3.64. The molecule has 1 unspecified atom stereocenters. The summed E-state index contributed by atoms with van der Waals surface area (Å²) in [6, 6.07) is 0.632. The number of nitrogens with one attached hydrogen (secondary N) is 1. The van der Waals surface area contributed by atoms with E-state index in [4.69, 9.17) is 0 Å². The second-order valence-electron chi connectivity index (χ2n) is 3.95. The largest absolute Gasteiger partial charge is 0.312 e. The molecule has 1 heterocycles. The van der Waals surface area contributed by atoms with Crippen LogP contribution in [0.25, 0.3) is 0 Å². The number of piperazine rings is 1. The van der Waals surface area contributed by atoms with Gasteiger partial charge in [0.1, 0.15) is 0 Å². The van der Waals surface area contributed by atoms with E-state index >= 15 is 0 Å². The van der Waals surface area contributed by atoms with Crippen molar-refractivity contribution >= 4 is 0 Å². The minimum Gasteiger partial charge on any atom is -0.312 e. The van der Waals surface area contributed by atoms with Gasteiger partial charge in [-0.25, -0.2) is 0 Å². The van der Waals surface area contributed by atoms with E-state index in [2.05, 4.69) is 49.2 Å². The standard InChI is InChI=1S/C12H22N2/c1-4-6-12(5-2)10-14-8-7-13-11(3)9-14/h4-6,11,13H,7-10H2,1-3H3/b6-4-,12-5+. The minimum atomic E-state index is 0.632. The van der Waals surface area contributed by atoms with Crippen molar-refractivity contribution in [3.8, 4) is 0 Å². The molecule has 1 aliphatic heterocycles. The average molecular weight is 194 g/mol. The Morgan fingerprint density at radius 3 is 2.86 bits per heavy atom. The van der Waals surface area contributed by atoms with E-state index < -0.39 is 0 Å². The molecule has 2 nitrogen and oxygen atoms in total. The highest BCUT2D eigenvalue weighted by atomic mass is 15.2. The molecular weight excluding hydrogens is 172 g/mol. The summed E-state index contributed by atoms with van der Waals surface area (Å²) in [5.41, 5.74) is 1.42. The lowest BCUT2D eigenvalue weighted by atomic mass is 10.1. The molecule has 1 aliphatic rings. The van der Waals surface area contributed by atoms with E-state index in [1.54, 1.807) is 0 Å². The third-order valence-electron chi connectivity index (χ3n) is 2.61. The lowest BCUT2D eigenvalue weighted by Crippen LogP contribution is -2.49. The first-order valence-electron chi connectivity index (χ1n) is 5.50. The summed E-state index contributed by atoms with van der Waals surface area (Å²) in [6.07, 6.45) is 6.51. The topological polar surface area (TPSA) is 15.3 Å². The molecule has 2 heteroatoms. The maximum Gasteiger partial charge on any atom is 0.0231 e. The van der Waals surface area contributed by atoms with Gasteiger partial charge >= 0.3 is 0 Å². The predicted molar refractivity (Wildman–Crippen MR) is 62.5 cm³/mol. The van der Waals surface area contributed by atoms with Crippen LogP contribution in [-0.4, -0.2) is 37.1 Å². The Morgan fingerprint density at radius 1 is 1.50 bits per heavy atom. The Balaban J connectivity index is 2.42. The Kier molecular flexibility index (Phi) is 4.91. The SMILES string of the molecule is C/C=C\C(=C/C)CN1CCNC(C)C1. The van der Waals surface area contributed by atoms with Gasteiger partial charge in [0.15, 0.2) is 0 Å². The molecule has 1 atom stereocenters. The van der Waals surface area contributed by atoms with Crippen molar-refractivity contribution in [2.45, 2.75) is 26.8 Å². The molecule has 0 amide bonds. The zero-order chi connectivity index (χ0) is 10.4. The van der Waals surface area contributed by atoms with Crippen molar-refractivity contribution in [2.24, 2.45) is 0 Å². The average Bonchev–Trinajstić information content (AvgIpc) is 2.17. The van der Waals surface area contributed by atoms with E-state index in [9.17, 15) is 0 Å². The van der Waals surface area contributed by atoms with Gasteiger partial charge in [-0.2, -0.15) is 0 Å². The van der Waals surface area contributed by atoms with Gasteiger partial charge in [0.05, 0.1) is 0 Å². The molecule has 1 N–H and O–H groups in total. The van der Waals surface area contributed by atoms with Crippen LogP contribution in [0.3, 0.4) is 0 Å². The highest BCUT2D eigenvalue weighted by Crippen LogP contribution is 2.05. The molecule has 14 heavy (non-hydrogen) atoms. The summed E-state index contributed by atoms with van der Waals surface area (Å²) in [6.45, 7) is 11.0. The molecular formula is C12H22N2. The molecule has 0 bridgehead atoms. The molecule has 0 aromatic heterocycles. The molecule has 0 aromatic rings. The van der Waals surface area contributed by atoms with Gasteiger partial charge in [0.2, 0.25) is 0 Å². The van der Waals surface area contributed by atoms with E-state index in [0.717, 1.165) is 19.6 Å². The number of rotatable bonds is 3. The highest BCUT2D eigenvalue weighted by molar-refractivity contribution is 5.19. The molecule has 0 saturated carbocycles. The van der Waals surface area contributed by atoms with E-state index in [1.165, 1.54) is 12.1 Å². The van der Waals surface area contributed by atoms with Crippen LogP contribution in [0.1, 0.15) is 20.8 Å². The molecule has 0 radical (unpaired) electrons. The first-order chi connectivity index (χ1) is 6.76. The summed E-state index contributed by atoms with van der Waals surface area (Å²) < 4.78 is 0. The summed E-state index contributed by atoms with van der Waals surface area (Å²) in [5.74, 6) is 0. The normalized spacial score (nSPS) is 25.9. The van der Waals surface area contributed by atoms with Crippen LogP contribution >= 0.6 is 0 Å². The second-order valence-corrected chi connectivity index (χ2v) is 3.95. The van der Waals surface area contributed by atoms with Crippen molar-refractivity contribution in [2.75, 3.05) is 26.2 Å². The third-order valence-corrected chi connectivity index (χ3v) is 2.61. The Hall–Kier alpha value is -0.600. The lowest BCUT2D eigenvalue weighted by Gasteiger charge is -2.32. The first kappa shape index (κ1) is 11.5. The van der Waals surface area contributed by atoms with Crippen molar-refractivity contribution in [1.29, 1.82) is 0 Å². The minimum absolute atomic E-state index is 0.632. The molecule has 0 aliphatic carbocycles. The summed E-state index contributed by atoms with van der Waals surface area (Å²) in [5, 5.41) is 3.46. The van der Waals surface area contributed by atoms with Crippen molar-refractivity contribution in [3.63, 3.8) is 0 Å². The quantitative estimate of drug-likeness (QED) is 0.689. The molecule has 80 valence electrons. The van der Waals surface area contributed by atoms with Crippen molar-refractivity contribution < 1.29 is 0 Å². The fourth-order valence-corrected chi connectivity index (χ4v) is 1.87. The second kappa shape index (κ2) is 5.99. The van der Waals surface area contributed by atoms with E-state index in [-0.39, 0.29) is 0 Å². The monoisotopic (exact) mass is 194 g/mol. The van der Waals surface area contributed by atoms with Crippen LogP contribution in [0.15, 0.2) is 23.8 Å². The van der Waals surface area contributed by atoms with Crippen LogP contribution in [0, 0.1) is 0 Å². The number of hydrogen-bond donors (Lipinski definition) is 1. The van der Waals surface area contributed by atoms with Gasteiger partial charge in [-0.3, -0.25) is 4.90 Å². The predicted octanol–water partition coefficient (Wildman–Crippen LogP) is 1.80. The molecule has 1 fully saturated rings. The van der Waals surface area contributed by atoms with Gasteiger partial charge in [-0.1, -0.05) is 18.2 Å². The van der Waals surface area contributed by atoms with Crippen molar-refractivity contribution in [3.05, 3.63) is 23.8 Å². The summed E-state index contributed by atoms with van der Waals surface area (Å²) in [7, 11) is 0. The van der Waals surface area contributed by atoms with Crippen LogP contribution in [0.4, 0.5) is 0 Å². The van der Waals surface area contributed by atoms with Crippen LogP contribution < -0.4 is 5.32 Å². The lowest BCUT2D eigenvalue weighted by molar-refractivity contribution is 0.223. The summed E-state index contributed by atoms with van der Waals surface area (Å²) in [4.78, 5) is 2.51. The first-order valence-corrected chi connectivity index (χ1v) is 5.50. The fraction of sp³-hybridized carbons (Fsp3) is 0.667. The Bertz CT molecular complexity index is 218. The number of hydrogen-bond acceptors (Lipinski definition) is 2. The van der Waals surface area contributed by atoms with Crippen LogP contribution in [-0.2, 0) is 0 Å². The van der Waals surface area contributed by atoms with Gasteiger partial charge in [-0.05, 0) is 26.3 Å². The van der Waals surface area contributed by atoms with Crippen LogP contribution in [0.2, 0.25) is 0 Å². The maximum atomic E-state index is 3.46. The molecule has 0 spiro atoms. The molecule has 1 saturated heterocycles. The highest BCUT2D eigenvalue weighted by Gasteiger charge is 2.15. The van der Waals surface area contributed by atoms with Gasteiger partial charge in [0, 0.05) is 32.2 Å². The maximum absolute atomic E-state index is 3.46. The molecule has 0 aromatic carbocycles. The van der Waals surface area contributed by atoms with Crippen molar-refractivity contribution in [1.82, 2.24) is 10.2 Å². The molecule has 1 rings (SSSR count).